The van der Waals surface area contributed by atoms with E-state index in [2.05, 4.69) is 15.1 Å². The van der Waals surface area contributed by atoms with Crippen LogP contribution in [0.2, 0.25) is 0 Å². The fraction of sp³-hybridized carbons (Fsp3) is 0.143. The molecule has 0 fully saturated rings. The number of rotatable bonds is 4. The molecule has 0 unspecified atom stereocenters. The quantitative estimate of drug-likeness (QED) is 0.669. The average Bonchev–Trinajstić information content (AvgIpc) is 3.22. The molecule has 0 spiro atoms. The van der Waals surface area contributed by atoms with Gasteiger partial charge in [0.1, 0.15) is 0 Å². The Labute approximate surface area is 134 Å². The number of amides is 2. The molecule has 3 heterocycles. The molecule has 10 heteroatoms. The van der Waals surface area contributed by atoms with E-state index >= 15 is 0 Å². The molecule has 1 N–H and O–H groups in total. The van der Waals surface area contributed by atoms with Crippen molar-refractivity contribution in [2.75, 3.05) is 6.61 Å². The normalized spacial score (nSPS) is 10.5. The zero-order chi connectivity index (χ0) is 17.1. The minimum Gasteiger partial charge on any atom is -0.459 e. The Morgan fingerprint density at radius 1 is 1.33 bits per heavy atom. The van der Waals surface area contributed by atoms with Crippen LogP contribution < -0.4 is 5.32 Å². The van der Waals surface area contributed by atoms with E-state index in [-0.39, 0.29) is 17.4 Å². The van der Waals surface area contributed by atoms with Crippen LogP contribution in [0.15, 0.2) is 35.1 Å². The Morgan fingerprint density at radius 3 is 2.88 bits per heavy atom. The number of imide groups is 1. The Balaban J connectivity index is 1.59. The lowest BCUT2D eigenvalue weighted by atomic mass is 10.4. The minimum absolute atomic E-state index is 0.0294. The first-order valence-corrected chi connectivity index (χ1v) is 6.78. The Kier molecular flexibility index (Phi) is 4.01. The highest BCUT2D eigenvalue weighted by Crippen LogP contribution is 2.03. The van der Waals surface area contributed by atoms with Crippen molar-refractivity contribution in [1.82, 2.24) is 24.9 Å². The lowest BCUT2D eigenvalue weighted by Gasteiger charge is -2.02. The molecule has 24 heavy (non-hydrogen) atoms. The third-order valence-electron chi connectivity index (χ3n) is 2.94. The van der Waals surface area contributed by atoms with Crippen LogP contribution in [0.5, 0.6) is 0 Å². The van der Waals surface area contributed by atoms with Gasteiger partial charge in [-0.3, -0.25) is 14.9 Å². The Bertz CT molecular complexity index is 915. The second kappa shape index (κ2) is 6.28. The van der Waals surface area contributed by atoms with Crippen molar-refractivity contribution in [3.63, 3.8) is 0 Å². The molecule has 122 valence electrons. The van der Waals surface area contributed by atoms with Crippen molar-refractivity contribution in [2.24, 2.45) is 0 Å². The van der Waals surface area contributed by atoms with E-state index in [0.29, 0.717) is 0 Å². The average molecular weight is 329 g/mol. The van der Waals surface area contributed by atoms with Gasteiger partial charge in [-0.1, -0.05) is 0 Å². The van der Waals surface area contributed by atoms with E-state index in [1.807, 2.05) is 5.32 Å². The maximum absolute atomic E-state index is 11.9. The molecule has 0 aliphatic carbocycles. The number of hydrogen-bond donors (Lipinski definition) is 1. The smallest absolute Gasteiger partial charge is 0.378 e. The highest BCUT2D eigenvalue weighted by molar-refractivity contribution is 6.03. The topological polar surface area (TPSA) is 129 Å². The van der Waals surface area contributed by atoms with Gasteiger partial charge in [-0.05, 0) is 25.1 Å². The maximum Gasteiger partial charge on any atom is 0.378 e. The summed E-state index contributed by atoms with van der Waals surface area (Å²) < 4.78 is 11.0. The van der Waals surface area contributed by atoms with E-state index in [0.717, 1.165) is 5.69 Å². The summed E-state index contributed by atoms with van der Waals surface area (Å²) >= 11 is 0. The maximum atomic E-state index is 11.9. The van der Waals surface area contributed by atoms with Gasteiger partial charge in [0.05, 0.1) is 6.26 Å². The molecule has 2 amide bonds. The highest BCUT2D eigenvalue weighted by atomic mass is 16.5. The van der Waals surface area contributed by atoms with Crippen LogP contribution in [-0.4, -0.2) is 44.0 Å². The first-order valence-electron chi connectivity index (χ1n) is 6.78. The van der Waals surface area contributed by atoms with Crippen molar-refractivity contribution < 1.29 is 23.5 Å². The number of carbonyl (C=O) groups excluding carboxylic acids is 3. The summed E-state index contributed by atoms with van der Waals surface area (Å²) in [6.07, 6.45) is 2.83. The molecule has 3 rings (SSSR count). The van der Waals surface area contributed by atoms with Crippen LogP contribution in [0.25, 0.3) is 5.78 Å². The van der Waals surface area contributed by atoms with E-state index in [1.165, 1.54) is 29.1 Å². The molecule has 0 aliphatic rings. The van der Waals surface area contributed by atoms with Crippen LogP contribution in [0, 0.1) is 6.92 Å². The van der Waals surface area contributed by atoms with Crippen LogP contribution >= 0.6 is 0 Å². The van der Waals surface area contributed by atoms with E-state index in [9.17, 15) is 14.4 Å². The van der Waals surface area contributed by atoms with Crippen LogP contribution in [0.3, 0.4) is 0 Å². The van der Waals surface area contributed by atoms with E-state index in [1.54, 1.807) is 13.0 Å². The summed E-state index contributed by atoms with van der Waals surface area (Å²) in [5, 5.41) is 5.96. The largest absolute Gasteiger partial charge is 0.459 e. The number of nitrogens with one attached hydrogen (secondary N) is 1. The number of aryl methyl sites for hydroxylation is 1. The molecule has 3 aromatic rings. The van der Waals surface area contributed by atoms with E-state index in [4.69, 9.17) is 9.15 Å². The summed E-state index contributed by atoms with van der Waals surface area (Å²) in [6.45, 7) is 1.11. The number of furan rings is 1. The van der Waals surface area contributed by atoms with Crippen LogP contribution in [0.4, 0.5) is 0 Å². The third-order valence-corrected chi connectivity index (χ3v) is 2.94. The van der Waals surface area contributed by atoms with Gasteiger partial charge < -0.3 is 9.15 Å². The number of ether oxygens (including phenoxy) is 1. The molecule has 0 atom stereocenters. The van der Waals surface area contributed by atoms with Gasteiger partial charge >= 0.3 is 5.97 Å². The molecule has 0 aromatic carbocycles. The lowest BCUT2D eigenvalue weighted by Crippen LogP contribution is -2.34. The molecular weight excluding hydrogens is 318 g/mol. The fourth-order valence-electron chi connectivity index (χ4n) is 1.82. The minimum atomic E-state index is -0.902. The first kappa shape index (κ1) is 15.3. The molecule has 0 saturated carbocycles. The Morgan fingerprint density at radius 2 is 2.17 bits per heavy atom. The molecule has 0 saturated heterocycles. The molecular formula is C14H11N5O5. The number of carbonyl (C=O) groups is 3. The van der Waals surface area contributed by atoms with Crippen molar-refractivity contribution >= 4 is 23.6 Å². The van der Waals surface area contributed by atoms with Gasteiger partial charge in [-0.25, -0.2) is 14.3 Å². The van der Waals surface area contributed by atoms with Gasteiger partial charge in [-0.2, -0.15) is 4.98 Å². The van der Waals surface area contributed by atoms with Crippen molar-refractivity contribution in [1.29, 1.82) is 0 Å². The summed E-state index contributed by atoms with van der Waals surface area (Å²) in [4.78, 5) is 42.9. The number of nitrogens with zero attached hydrogens (tertiary/aromatic N) is 4. The molecule has 0 radical (unpaired) electrons. The monoisotopic (exact) mass is 329 g/mol. The molecule has 3 aromatic heterocycles. The van der Waals surface area contributed by atoms with Gasteiger partial charge in [0.15, 0.2) is 12.4 Å². The fourth-order valence-corrected chi connectivity index (χ4v) is 1.82. The molecule has 10 nitrogen and oxygen atoms in total. The number of hydrogen-bond acceptors (Lipinski definition) is 8. The van der Waals surface area contributed by atoms with Crippen molar-refractivity contribution in [3.8, 4) is 0 Å². The van der Waals surface area contributed by atoms with Gasteiger partial charge in [0, 0.05) is 11.9 Å². The summed E-state index contributed by atoms with van der Waals surface area (Å²) in [5.74, 6) is -2.46. The predicted molar refractivity (Wildman–Crippen MR) is 77.0 cm³/mol. The summed E-state index contributed by atoms with van der Waals surface area (Å²) in [5.41, 5.74) is 0.730. The summed E-state index contributed by atoms with van der Waals surface area (Å²) in [6, 6.07) is 4.60. The molecule has 0 bridgehead atoms. The summed E-state index contributed by atoms with van der Waals surface area (Å²) in [7, 11) is 0. The zero-order valence-corrected chi connectivity index (χ0v) is 12.4. The lowest BCUT2D eigenvalue weighted by molar-refractivity contribution is -0.123. The number of fused-ring (bicyclic) bond motifs is 1. The Hall–Kier alpha value is -3.56. The number of esters is 1. The SMILES string of the molecule is Cc1ccnc2nc(C(=O)OCC(=O)NC(=O)c3ccco3)nn12. The first-order chi connectivity index (χ1) is 11.5. The van der Waals surface area contributed by atoms with Gasteiger partial charge in [0.2, 0.25) is 0 Å². The number of aromatic nitrogens is 4. The van der Waals surface area contributed by atoms with Crippen molar-refractivity contribution in [3.05, 3.63) is 47.9 Å². The van der Waals surface area contributed by atoms with Crippen LogP contribution in [0.1, 0.15) is 26.9 Å². The van der Waals surface area contributed by atoms with Gasteiger partial charge in [-0.15, -0.1) is 5.10 Å². The second-order valence-electron chi connectivity index (χ2n) is 4.66. The molecule has 0 aliphatic heterocycles. The van der Waals surface area contributed by atoms with Crippen molar-refractivity contribution in [2.45, 2.75) is 6.92 Å². The standard InChI is InChI=1S/C14H11N5O5/c1-8-4-5-15-14-17-11(18-19(8)14)13(22)24-7-10(20)16-12(21)9-3-2-6-23-9/h2-6H,7H2,1H3,(H,16,20,21). The van der Waals surface area contributed by atoms with Gasteiger partial charge in [0.25, 0.3) is 23.4 Å². The van der Waals surface area contributed by atoms with Crippen LogP contribution in [-0.2, 0) is 9.53 Å². The highest BCUT2D eigenvalue weighted by Gasteiger charge is 2.19. The second-order valence-corrected chi connectivity index (χ2v) is 4.66. The zero-order valence-electron chi connectivity index (χ0n) is 12.4. The third kappa shape index (κ3) is 3.11. The van der Waals surface area contributed by atoms with E-state index < -0.39 is 24.4 Å². The predicted octanol–water partition coefficient (Wildman–Crippen LogP) is 0.139.